The summed E-state index contributed by atoms with van der Waals surface area (Å²) in [6, 6.07) is 7.68. The van der Waals surface area contributed by atoms with Gasteiger partial charge >= 0.3 is 0 Å². The highest BCUT2D eigenvalue weighted by Crippen LogP contribution is 2.30. The third-order valence-electron chi connectivity index (χ3n) is 3.89. The number of rotatable bonds is 5. The largest absolute Gasteiger partial charge is 0.389 e. The molecule has 0 bridgehead atoms. The lowest BCUT2D eigenvalue weighted by atomic mass is 10.0. The minimum atomic E-state index is -0.537. The Hall–Kier alpha value is -1.57. The van der Waals surface area contributed by atoms with Crippen molar-refractivity contribution in [1.29, 1.82) is 5.26 Å². The third-order valence-corrected chi connectivity index (χ3v) is 3.89. The van der Waals surface area contributed by atoms with Gasteiger partial charge in [-0.25, -0.2) is 0 Å². The zero-order valence-electron chi connectivity index (χ0n) is 12.9. The molecule has 0 spiro atoms. The summed E-state index contributed by atoms with van der Waals surface area (Å²) in [4.78, 5) is 2.24. The lowest BCUT2D eigenvalue weighted by molar-refractivity contribution is 0.0439. The van der Waals surface area contributed by atoms with Gasteiger partial charge < -0.3 is 14.7 Å². The standard InChI is InChI=1S/C17H24N2O2/c1-3-9-21-15-5-4-8-19(12-15)17-10-14(11-18)6-7-16(17)13(2)20/h6-7,10,13,15,20H,3-5,8-9,12H2,1-2H3. The maximum atomic E-state index is 9.97. The van der Waals surface area contributed by atoms with Crippen molar-refractivity contribution in [3.63, 3.8) is 0 Å². The van der Waals surface area contributed by atoms with E-state index in [1.54, 1.807) is 13.0 Å². The Bertz CT molecular complexity index is 508. The lowest BCUT2D eigenvalue weighted by Crippen LogP contribution is -2.40. The minimum absolute atomic E-state index is 0.242. The summed E-state index contributed by atoms with van der Waals surface area (Å²) in [6.45, 7) is 6.44. The zero-order chi connectivity index (χ0) is 15.2. The average molecular weight is 288 g/mol. The molecule has 2 atom stereocenters. The fourth-order valence-electron chi connectivity index (χ4n) is 2.82. The second-order valence-electron chi connectivity index (χ2n) is 5.64. The van der Waals surface area contributed by atoms with Crippen LogP contribution in [0.4, 0.5) is 5.69 Å². The van der Waals surface area contributed by atoms with Crippen LogP contribution in [0.2, 0.25) is 0 Å². The summed E-state index contributed by atoms with van der Waals surface area (Å²) in [6.07, 6.45) is 2.89. The normalized spacial score (nSPS) is 20.1. The van der Waals surface area contributed by atoms with E-state index in [0.29, 0.717) is 5.56 Å². The Morgan fingerprint density at radius 2 is 2.33 bits per heavy atom. The number of anilines is 1. The summed E-state index contributed by atoms with van der Waals surface area (Å²) in [5.41, 5.74) is 2.48. The van der Waals surface area contributed by atoms with Crippen LogP contribution in [0.5, 0.6) is 0 Å². The van der Waals surface area contributed by atoms with Gasteiger partial charge in [0.25, 0.3) is 0 Å². The zero-order valence-corrected chi connectivity index (χ0v) is 12.9. The van der Waals surface area contributed by atoms with Crippen LogP contribution in [0.3, 0.4) is 0 Å². The molecule has 0 aromatic heterocycles. The van der Waals surface area contributed by atoms with E-state index in [4.69, 9.17) is 10.00 Å². The Morgan fingerprint density at radius 3 is 3.00 bits per heavy atom. The first kappa shape index (κ1) is 15.8. The molecule has 4 nitrogen and oxygen atoms in total. The lowest BCUT2D eigenvalue weighted by Gasteiger charge is -2.36. The number of hydrogen-bond acceptors (Lipinski definition) is 4. The maximum absolute atomic E-state index is 9.97. The van der Waals surface area contributed by atoms with Gasteiger partial charge in [0, 0.05) is 30.9 Å². The van der Waals surface area contributed by atoms with Crippen LogP contribution in [0.25, 0.3) is 0 Å². The predicted molar refractivity (Wildman–Crippen MR) is 83.3 cm³/mol. The SMILES string of the molecule is CCCOC1CCCN(c2cc(C#N)ccc2C(C)O)C1. The number of nitriles is 1. The quantitative estimate of drug-likeness (QED) is 0.905. The Kier molecular flexibility index (Phi) is 5.60. The summed E-state index contributed by atoms with van der Waals surface area (Å²) in [5.74, 6) is 0. The highest BCUT2D eigenvalue weighted by molar-refractivity contribution is 5.58. The average Bonchev–Trinajstić information content (AvgIpc) is 2.52. The van der Waals surface area contributed by atoms with Crippen LogP contribution in [-0.2, 0) is 4.74 Å². The summed E-state index contributed by atoms with van der Waals surface area (Å²) in [5, 5.41) is 19.1. The van der Waals surface area contributed by atoms with E-state index in [-0.39, 0.29) is 6.10 Å². The van der Waals surface area contributed by atoms with Gasteiger partial charge in [0.05, 0.1) is 23.8 Å². The van der Waals surface area contributed by atoms with Gasteiger partial charge in [0.2, 0.25) is 0 Å². The monoisotopic (exact) mass is 288 g/mol. The number of aliphatic hydroxyl groups is 1. The Morgan fingerprint density at radius 1 is 1.52 bits per heavy atom. The van der Waals surface area contributed by atoms with Crippen LogP contribution in [0.1, 0.15) is 50.3 Å². The van der Waals surface area contributed by atoms with E-state index in [2.05, 4.69) is 17.9 Å². The highest BCUT2D eigenvalue weighted by atomic mass is 16.5. The molecule has 114 valence electrons. The molecule has 0 radical (unpaired) electrons. The molecular formula is C17H24N2O2. The first-order valence-corrected chi connectivity index (χ1v) is 7.74. The van der Waals surface area contributed by atoms with Crippen LogP contribution >= 0.6 is 0 Å². The van der Waals surface area contributed by atoms with E-state index in [0.717, 1.165) is 50.2 Å². The minimum Gasteiger partial charge on any atom is -0.389 e. The molecular weight excluding hydrogens is 264 g/mol. The van der Waals surface area contributed by atoms with E-state index in [1.165, 1.54) is 0 Å². The highest BCUT2D eigenvalue weighted by Gasteiger charge is 2.23. The molecule has 1 aromatic carbocycles. The van der Waals surface area contributed by atoms with E-state index in [1.807, 2.05) is 12.1 Å². The van der Waals surface area contributed by atoms with Crippen molar-refractivity contribution in [2.24, 2.45) is 0 Å². The van der Waals surface area contributed by atoms with Crippen LogP contribution in [-0.4, -0.2) is 30.9 Å². The fraction of sp³-hybridized carbons (Fsp3) is 0.588. The molecule has 0 saturated carbocycles. The number of hydrogen-bond donors (Lipinski definition) is 1. The number of aliphatic hydroxyl groups excluding tert-OH is 1. The molecule has 1 aliphatic heterocycles. The van der Waals surface area contributed by atoms with Crippen molar-refractivity contribution in [1.82, 2.24) is 0 Å². The molecule has 21 heavy (non-hydrogen) atoms. The smallest absolute Gasteiger partial charge is 0.0992 e. The first-order valence-electron chi connectivity index (χ1n) is 7.74. The molecule has 2 rings (SSSR count). The summed E-state index contributed by atoms with van der Waals surface area (Å²) in [7, 11) is 0. The molecule has 1 saturated heterocycles. The molecule has 0 aliphatic carbocycles. The van der Waals surface area contributed by atoms with Crippen molar-refractivity contribution < 1.29 is 9.84 Å². The number of nitrogens with zero attached hydrogens (tertiary/aromatic N) is 2. The third kappa shape index (κ3) is 3.96. The molecule has 1 N–H and O–H groups in total. The molecule has 4 heteroatoms. The van der Waals surface area contributed by atoms with Gasteiger partial charge in [-0.2, -0.15) is 5.26 Å². The van der Waals surface area contributed by atoms with Gasteiger partial charge in [-0.1, -0.05) is 13.0 Å². The summed E-state index contributed by atoms with van der Waals surface area (Å²) < 4.78 is 5.87. The molecule has 1 aliphatic rings. The van der Waals surface area contributed by atoms with Crippen molar-refractivity contribution in [3.8, 4) is 6.07 Å². The van der Waals surface area contributed by atoms with Crippen molar-refractivity contribution in [3.05, 3.63) is 29.3 Å². The maximum Gasteiger partial charge on any atom is 0.0992 e. The number of benzene rings is 1. The molecule has 0 amide bonds. The van der Waals surface area contributed by atoms with Crippen molar-refractivity contribution in [2.45, 2.75) is 45.3 Å². The van der Waals surface area contributed by atoms with Crippen molar-refractivity contribution >= 4 is 5.69 Å². The van der Waals surface area contributed by atoms with Crippen LogP contribution in [0.15, 0.2) is 18.2 Å². The summed E-state index contributed by atoms with van der Waals surface area (Å²) >= 11 is 0. The van der Waals surface area contributed by atoms with E-state index < -0.39 is 6.10 Å². The fourth-order valence-corrected chi connectivity index (χ4v) is 2.82. The Labute approximate surface area is 127 Å². The van der Waals surface area contributed by atoms with Crippen LogP contribution in [0, 0.1) is 11.3 Å². The molecule has 1 fully saturated rings. The van der Waals surface area contributed by atoms with Gasteiger partial charge in [0.15, 0.2) is 0 Å². The van der Waals surface area contributed by atoms with E-state index in [9.17, 15) is 5.11 Å². The first-order chi connectivity index (χ1) is 10.2. The number of piperidine rings is 1. The Balaban J connectivity index is 2.21. The molecule has 1 heterocycles. The second-order valence-corrected chi connectivity index (χ2v) is 5.64. The molecule has 2 unspecified atom stereocenters. The van der Waals surface area contributed by atoms with Crippen LogP contribution < -0.4 is 4.90 Å². The van der Waals surface area contributed by atoms with Gasteiger partial charge in [-0.05, 0) is 38.3 Å². The van der Waals surface area contributed by atoms with E-state index >= 15 is 0 Å². The van der Waals surface area contributed by atoms with Gasteiger partial charge in [0.1, 0.15) is 0 Å². The second kappa shape index (κ2) is 7.44. The van der Waals surface area contributed by atoms with Gasteiger partial charge in [-0.15, -0.1) is 0 Å². The molecule has 1 aromatic rings. The van der Waals surface area contributed by atoms with Crippen molar-refractivity contribution in [2.75, 3.05) is 24.6 Å². The topological polar surface area (TPSA) is 56.5 Å². The van der Waals surface area contributed by atoms with Gasteiger partial charge in [-0.3, -0.25) is 0 Å². The predicted octanol–water partition coefficient (Wildman–Crippen LogP) is 3.01. The number of ether oxygens (including phenoxy) is 1.